The van der Waals surface area contributed by atoms with Crippen LogP contribution in [0.15, 0.2) is 84.9 Å². The molecule has 1 N–H and O–H groups in total. The lowest BCUT2D eigenvalue weighted by molar-refractivity contribution is 0.477. The normalized spacial score (nSPS) is 11.4. The average molecular weight is 355 g/mol. The topological polar surface area (TPSA) is 20.2 Å². The predicted molar refractivity (Wildman–Crippen MR) is 111 cm³/mol. The second-order valence-corrected chi connectivity index (χ2v) is 6.89. The second kappa shape index (κ2) is 5.76. The summed E-state index contributed by atoms with van der Waals surface area (Å²) in [5, 5.41) is 18.2. The van der Waals surface area contributed by atoms with Crippen molar-refractivity contribution >= 4 is 43.9 Å². The summed E-state index contributed by atoms with van der Waals surface area (Å²) >= 11 is 6.37. The van der Waals surface area contributed by atoms with Crippen LogP contribution in [-0.2, 0) is 0 Å². The Morgan fingerprint density at radius 2 is 1.08 bits per heavy atom. The number of aromatic hydroxyl groups is 1. The largest absolute Gasteiger partial charge is 0.507 e. The Labute approximate surface area is 156 Å². The van der Waals surface area contributed by atoms with Gasteiger partial charge in [-0.3, -0.25) is 0 Å². The summed E-state index contributed by atoms with van der Waals surface area (Å²) in [4.78, 5) is 0. The quantitative estimate of drug-likeness (QED) is 0.316. The highest BCUT2D eigenvalue weighted by Crippen LogP contribution is 2.40. The van der Waals surface area contributed by atoms with Crippen molar-refractivity contribution in [1.29, 1.82) is 0 Å². The first kappa shape index (κ1) is 15.2. The molecule has 1 nitrogen and oxygen atoms in total. The third-order valence-electron chi connectivity index (χ3n) is 5.02. The summed E-state index contributed by atoms with van der Waals surface area (Å²) in [6.07, 6.45) is 0. The maximum Gasteiger partial charge on any atom is 0.124 e. The number of rotatable bonds is 1. The first-order valence-corrected chi connectivity index (χ1v) is 8.93. The Kier molecular flexibility index (Phi) is 3.37. The van der Waals surface area contributed by atoms with Gasteiger partial charge < -0.3 is 5.11 Å². The first-order chi connectivity index (χ1) is 12.7. The van der Waals surface area contributed by atoms with Crippen LogP contribution in [0.2, 0.25) is 5.02 Å². The fourth-order valence-electron chi connectivity index (χ4n) is 3.86. The van der Waals surface area contributed by atoms with Crippen molar-refractivity contribution < 1.29 is 5.11 Å². The van der Waals surface area contributed by atoms with E-state index in [1.165, 1.54) is 26.9 Å². The van der Waals surface area contributed by atoms with Gasteiger partial charge in [0.1, 0.15) is 5.75 Å². The molecule has 0 unspecified atom stereocenters. The summed E-state index contributed by atoms with van der Waals surface area (Å²) in [7, 11) is 0. The van der Waals surface area contributed by atoms with Gasteiger partial charge in [0.25, 0.3) is 0 Å². The molecule has 0 amide bonds. The van der Waals surface area contributed by atoms with Crippen LogP contribution in [0, 0.1) is 0 Å². The van der Waals surface area contributed by atoms with Gasteiger partial charge in [0.15, 0.2) is 0 Å². The smallest absolute Gasteiger partial charge is 0.124 e. The van der Waals surface area contributed by atoms with E-state index in [0.717, 1.165) is 10.9 Å². The number of halogens is 1. The van der Waals surface area contributed by atoms with Crippen molar-refractivity contribution in [3.05, 3.63) is 90.0 Å². The van der Waals surface area contributed by atoms with E-state index in [9.17, 15) is 5.11 Å². The molecule has 2 heteroatoms. The van der Waals surface area contributed by atoms with Crippen molar-refractivity contribution in [3.63, 3.8) is 0 Å². The van der Waals surface area contributed by atoms with Gasteiger partial charge in [-0.05, 0) is 56.1 Å². The van der Waals surface area contributed by atoms with Crippen molar-refractivity contribution in [2.75, 3.05) is 0 Å². The van der Waals surface area contributed by atoms with E-state index in [2.05, 4.69) is 60.7 Å². The number of hydrogen-bond donors (Lipinski definition) is 1. The molecule has 0 saturated heterocycles. The molecule has 0 aliphatic carbocycles. The van der Waals surface area contributed by atoms with Crippen molar-refractivity contribution in [2.24, 2.45) is 0 Å². The van der Waals surface area contributed by atoms with Crippen LogP contribution >= 0.6 is 11.6 Å². The molecule has 5 aromatic rings. The van der Waals surface area contributed by atoms with Gasteiger partial charge in [0.05, 0.1) is 5.02 Å². The van der Waals surface area contributed by atoms with Gasteiger partial charge in [-0.25, -0.2) is 0 Å². The van der Waals surface area contributed by atoms with Crippen LogP contribution in [0.5, 0.6) is 5.75 Å². The van der Waals surface area contributed by atoms with Gasteiger partial charge in [0.2, 0.25) is 0 Å². The zero-order valence-corrected chi connectivity index (χ0v) is 14.7. The maximum absolute atomic E-state index is 10.3. The SMILES string of the molecule is Oc1cccc(Cl)c1-c1ccc2c3ccccc3c3ccccc3c2c1. The van der Waals surface area contributed by atoms with E-state index < -0.39 is 0 Å². The molecule has 5 aromatic carbocycles. The highest BCUT2D eigenvalue weighted by atomic mass is 35.5. The standard InChI is InChI=1S/C24H15ClO/c25-22-10-5-11-23(26)24(22)15-12-13-20-18-8-2-1-6-16(18)17-7-3-4-9-19(17)21(20)14-15/h1-14,26H. The summed E-state index contributed by atoms with van der Waals surface area (Å²) < 4.78 is 0. The molecule has 124 valence electrons. The molecule has 0 radical (unpaired) electrons. The molecule has 5 rings (SSSR count). The lowest BCUT2D eigenvalue weighted by Crippen LogP contribution is -1.86. The lowest BCUT2D eigenvalue weighted by Gasteiger charge is -2.13. The Morgan fingerprint density at radius 3 is 1.65 bits per heavy atom. The predicted octanol–water partition coefficient (Wildman–Crippen LogP) is 7.17. The Morgan fingerprint density at radius 1 is 0.538 bits per heavy atom. The lowest BCUT2D eigenvalue weighted by atomic mass is 9.92. The van der Waals surface area contributed by atoms with E-state index in [-0.39, 0.29) is 5.75 Å². The molecule has 0 fully saturated rings. The van der Waals surface area contributed by atoms with Crippen LogP contribution in [-0.4, -0.2) is 5.11 Å². The van der Waals surface area contributed by atoms with Crippen LogP contribution in [0.3, 0.4) is 0 Å². The van der Waals surface area contributed by atoms with Gasteiger partial charge in [-0.2, -0.15) is 0 Å². The molecular weight excluding hydrogens is 340 g/mol. The molecular formula is C24H15ClO. The van der Waals surface area contributed by atoms with Gasteiger partial charge in [0, 0.05) is 5.56 Å². The van der Waals surface area contributed by atoms with Crippen LogP contribution in [0.25, 0.3) is 43.4 Å². The summed E-state index contributed by atoms with van der Waals surface area (Å²) in [6.45, 7) is 0. The minimum Gasteiger partial charge on any atom is -0.507 e. The van der Waals surface area contributed by atoms with Gasteiger partial charge >= 0.3 is 0 Å². The Balaban J connectivity index is 1.96. The fraction of sp³-hybridized carbons (Fsp3) is 0. The zero-order valence-electron chi connectivity index (χ0n) is 13.9. The molecule has 0 spiro atoms. The van der Waals surface area contributed by atoms with Crippen molar-refractivity contribution in [2.45, 2.75) is 0 Å². The third kappa shape index (κ3) is 2.18. The molecule has 0 aromatic heterocycles. The van der Waals surface area contributed by atoms with Gasteiger partial charge in [-0.1, -0.05) is 78.3 Å². The summed E-state index contributed by atoms with van der Waals surface area (Å²) in [5.41, 5.74) is 1.59. The minimum atomic E-state index is 0.196. The first-order valence-electron chi connectivity index (χ1n) is 8.55. The number of phenols is 1. The number of phenolic OH excluding ortho intramolecular Hbond substituents is 1. The Bertz CT molecular complexity index is 1250. The van der Waals surface area contributed by atoms with E-state index in [4.69, 9.17) is 11.6 Å². The molecule has 0 bridgehead atoms. The van der Waals surface area contributed by atoms with E-state index >= 15 is 0 Å². The zero-order chi connectivity index (χ0) is 17.7. The highest BCUT2D eigenvalue weighted by Gasteiger charge is 2.12. The van der Waals surface area contributed by atoms with Crippen molar-refractivity contribution in [1.82, 2.24) is 0 Å². The minimum absolute atomic E-state index is 0.196. The van der Waals surface area contributed by atoms with Crippen LogP contribution in [0.1, 0.15) is 0 Å². The third-order valence-corrected chi connectivity index (χ3v) is 5.34. The monoisotopic (exact) mass is 354 g/mol. The molecule has 0 aliphatic rings. The fourth-order valence-corrected chi connectivity index (χ4v) is 4.14. The molecule has 26 heavy (non-hydrogen) atoms. The van der Waals surface area contributed by atoms with Gasteiger partial charge in [-0.15, -0.1) is 0 Å². The number of benzene rings is 5. The van der Waals surface area contributed by atoms with Crippen LogP contribution in [0.4, 0.5) is 0 Å². The second-order valence-electron chi connectivity index (χ2n) is 6.49. The Hall–Kier alpha value is -3.03. The van der Waals surface area contributed by atoms with E-state index in [1.807, 2.05) is 6.07 Å². The van der Waals surface area contributed by atoms with Crippen LogP contribution < -0.4 is 0 Å². The molecule has 0 saturated carbocycles. The summed E-state index contributed by atoms with van der Waals surface area (Å²) in [6, 6.07) is 28.5. The molecule has 0 atom stereocenters. The number of fused-ring (bicyclic) bond motifs is 6. The van der Waals surface area contributed by atoms with E-state index in [1.54, 1.807) is 18.2 Å². The average Bonchev–Trinajstić information content (AvgIpc) is 2.68. The molecule has 0 aliphatic heterocycles. The molecule has 0 heterocycles. The highest BCUT2D eigenvalue weighted by molar-refractivity contribution is 6.34. The van der Waals surface area contributed by atoms with E-state index in [0.29, 0.717) is 10.6 Å². The summed E-state index contributed by atoms with van der Waals surface area (Å²) in [5.74, 6) is 0.196. The van der Waals surface area contributed by atoms with Crippen molar-refractivity contribution in [3.8, 4) is 16.9 Å². The maximum atomic E-state index is 10.3. The number of hydrogen-bond acceptors (Lipinski definition) is 1.